The van der Waals surface area contributed by atoms with Gasteiger partial charge in [0.25, 0.3) is 12.9 Å². The molecule has 2 heterocycles. The van der Waals surface area contributed by atoms with Gasteiger partial charge in [-0.1, -0.05) is 0 Å². The summed E-state index contributed by atoms with van der Waals surface area (Å²) in [5.74, 6) is -0.695. The SMILES string of the molecule is CC(C(=O)NCCCn1nc(C(F)(F)F)cc1C1CC1)n1nc(C(F)F)cc1C(F)F. The van der Waals surface area contributed by atoms with E-state index in [9.17, 15) is 35.5 Å². The van der Waals surface area contributed by atoms with E-state index < -0.39 is 48.1 Å². The Kier molecular flexibility index (Phi) is 6.60. The van der Waals surface area contributed by atoms with Crippen molar-refractivity contribution in [3.05, 3.63) is 34.9 Å². The largest absolute Gasteiger partial charge is 0.435 e. The van der Waals surface area contributed by atoms with Crippen molar-refractivity contribution < 1.29 is 35.5 Å². The van der Waals surface area contributed by atoms with Crippen LogP contribution in [0, 0.1) is 0 Å². The summed E-state index contributed by atoms with van der Waals surface area (Å²) < 4.78 is 92.3. The van der Waals surface area contributed by atoms with Crippen LogP contribution in [0.25, 0.3) is 0 Å². The molecule has 0 saturated heterocycles. The van der Waals surface area contributed by atoms with E-state index in [2.05, 4.69) is 15.5 Å². The zero-order valence-corrected chi connectivity index (χ0v) is 16.3. The fraction of sp³-hybridized carbons (Fsp3) is 0.611. The number of carbonyl (C=O) groups is 1. The summed E-state index contributed by atoms with van der Waals surface area (Å²) in [5, 5.41) is 9.46. The monoisotopic (exact) mass is 455 g/mol. The van der Waals surface area contributed by atoms with Gasteiger partial charge in [-0.3, -0.25) is 14.2 Å². The van der Waals surface area contributed by atoms with Gasteiger partial charge in [-0.15, -0.1) is 0 Å². The van der Waals surface area contributed by atoms with E-state index in [-0.39, 0.29) is 25.4 Å². The molecule has 1 aliphatic rings. The van der Waals surface area contributed by atoms with Crippen LogP contribution in [0.3, 0.4) is 0 Å². The molecule has 172 valence electrons. The Morgan fingerprint density at radius 3 is 2.39 bits per heavy atom. The van der Waals surface area contributed by atoms with Crippen molar-refractivity contribution in [3.63, 3.8) is 0 Å². The van der Waals surface area contributed by atoms with Gasteiger partial charge in [0.15, 0.2) is 5.69 Å². The van der Waals surface area contributed by atoms with Crippen molar-refractivity contribution in [2.75, 3.05) is 6.54 Å². The summed E-state index contributed by atoms with van der Waals surface area (Å²) in [4.78, 5) is 12.3. The van der Waals surface area contributed by atoms with Gasteiger partial charge >= 0.3 is 6.18 Å². The number of rotatable bonds is 9. The second kappa shape index (κ2) is 8.87. The number of hydrogen-bond acceptors (Lipinski definition) is 3. The molecule has 6 nitrogen and oxygen atoms in total. The Morgan fingerprint density at radius 2 is 1.84 bits per heavy atom. The van der Waals surface area contributed by atoms with E-state index in [0.29, 0.717) is 16.4 Å². The minimum Gasteiger partial charge on any atom is -0.354 e. The standard InChI is InChI=1S/C18H20F7N5O/c1-9(30-13(16(21)22)7-11(27-30)15(19)20)17(31)26-5-2-6-29-12(10-3-4-10)8-14(28-29)18(23,24)25/h7-10,15-16H,2-6H2,1H3,(H,26,31). The fourth-order valence-electron chi connectivity index (χ4n) is 3.16. The molecule has 1 fully saturated rings. The number of carbonyl (C=O) groups excluding carboxylic acids is 1. The maximum atomic E-state index is 13.1. The molecule has 0 aliphatic heterocycles. The summed E-state index contributed by atoms with van der Waals surface area (Å²) in [6.45, 7) is 1.38. The minimum atomic E-state index is -4.55. The second-order valence-electron chi connectivity index (χ2n) is 7.31. The molecule has 31 heavy (non-hydrogen) atoms. The zero-order chi connectivity index (χ0) is 22.9. The molecule has 1 amide bonds. The van der Waals surface area contributed by atoms with Gasteiger partial charge in [-0.05, 0) is 38.3 Å². The number of nitrogens with zero attached hydrogens (tertiary/aromatic N) is 4. The zero-order valence-electron chi connectivity index (χ0n) is 16.3. The third-order valence-corrected chi connectivity index (χ3v) is 4.92. The fourth-order valence-corrected chi connectivity index (χ4v) is 3.16. The molecule has 1 unspecified atom stereocenters. The third kappa shape index (κ3) is 5.37. The molecular formula is C18H20F7N5O. The van der Waals surface area contributed by atoms with Gasteiger partial charge in [0.1, 0.15) is 17.4 Å². The van der Waals surface area contributed by atoms with Crippen LogP contribution in [0.4, 0.5) is 30.7 Å². The van der Waals surface area contributed by atoms with Gasteiger partial charge in [0.2, 0.25) is 5.91 Å². The Labute approximate surface area is 172 Å². The predicted octanol–water partition coefficient (Wildman–Crippen LogP) is 4.62. The van der Waals surface area contributed by atoms with E-state index in [1.165, 1.54) is 11.6 Å². The molecule has 1 N–H and O–H groups in total. The molecule has 2 aromatic heterocycles. The summed E-state index contributed by atoms with van der Waals surface area (Å²) in [5.41, 5.74) is -2.14. The molecule has 1 saturated carbocycles. The number of aromatic nitrogens is 4. The van der Waals surface area contributed by atoms with E-state index in [1.807, 2.05) is 0 Å². The van der Waals surface area contributed by atoms with E-state index in [4.69, 9.17) is 0 Å². The number of alkyl halides is 7. The number of amides is 1. The molecule has 3 rings (SSSR count). The lowest BCUT2D eigenvalue weighted by Crippen LogP contribution is -2.33. The summed E-state index contributed by atoms with van der Waals surface area (Å²) in [6.07, 6.45) is -8.91. The van der Waals surface area contributed by atoms with Crippen LogP contribution in [-0.2, 0) is 17.5 Å². The lowest BCUT2D eigenvalue weighted by molar-refractivity contribution is -0.141. The van der Waals surface area contributed by atoms with Crippen LogP contribution in [0.5, 0.6) is 0 Å². The Morgan fingerprint density at radius 1 is 1.16 bits per heavy atom. The average molecular weight is 455 g/mol. The second-order valence-corrected chi connectivity index (χ2v) is 7.31. The molecular weight excluding hydrogens is 435 g/mol. The predicted molar refractivity (Wildman–Crippen MR) is 93.7 cm³/mol. The molecule has 0 spiro atoms. The van der Waals surface area contributed by atoms with Crippen LogP contribution >= 0.6 is 0 Å². The Hall–Kier alpha value is -2.60. The van der Waals surface area contributed by atoms with Crippen LogP contribution in [0.2, 0.25) is 0 Å². The van der Waals surface area contributed by atoms with Crippen molar-refractivity contribution in [2.45, 2.75) is 63.7 Å². The highest BCUT2D eigenvalue weighted by atomic mass is 19.4. The van der Waals surface area contributed by atoms with Crippen molar-refractivity contribution in [2.24, 2.45) is 0 Å². The van der Waals surface area contributed by atoms with E-state index >= 15 is 0 Å². The van der Waals surface area contributed by atoms with Crippen LogP contribution in [-0.4, -0.2) is 32.0 Å². The van der Waals surface area contributed by atoms with Crippen molar-refractivity contribution in [3.8, 4) is 0 Å². The first-order valence-corrected chi connectivity index (χ1v) is 9.57. The molecule has 1 aliphatic carbocycles. The molecule has 1 atom stereocenters. The Bertz CT molecular complexity index is 917. The van der Waals surface area contributed by atoms with Gasteiger partial charge < -0.3 is 5.32 Å². The maximum Gasteiger partial charge on any atom is 0.435 e. The molecule has 13 heteroatoms. The highest BCUT2D eigenvalue weighted by Crippen LogP contribution is 2.42. The van der Waals surface area contributed by atoms with Crippen molar-refractivity contribution in [1.82, 2.24) is 24.9 Å². The highest BCUT2D eigenvalue weighted by molar-refractivity contribution is 5.79. The smallest absolute Gasteiger partial charge is 0.354 e. The van der Waals surface area contributed by atoms with Crippen molar-refractivity contribution in [1.29, 1.82) is 0 Å². The third-order valence-electron chi connectivity index (χ3n) is 4.92. The number of nitrogens with one attached hydrogen (secondary N) is 1. The van der Waals surface area contributed by atoms with Gasteiger partial charge in [0.05, 0.1) is 0 Å². The van der Waals surface area contributed by atoms with Gasteiger partial charge in [0, 0.05) is 24.7 Å². The van der Waals surface area contributed by atoms with Crippen LogP contribution in [0.1, 0.15) is 73.8 Å². The first-order chi connectivity index (χ1) is 14.5. The lowest BCUT2D eigenvalue weighted by atomic mass is 10.2. The molecule has 0 radical (unpaired) electrons. The summed E-state index contributed by atoms with van der Waals surface area (Å²) in [7, 11) is 0. The number of aryl methyl sites for hydroxylation is 1. The average Bonchev–Trinajstić information content (AvgIpc) is 3.26. The van der Waals surface area contributed by atoms with Crippen LogP contribution < -0.4 is 5.32 Å². The first-order valence-electron chi connectivity index (χ1n) is 9.57. The molecule has 2 aromatic rings. The van der Waals surface area contributed by atoms with E-state index in [0.717, 1.165) is 18.9 Å². The molecule has 0 bridgehead atoms. The highest BCUT2D eigenvalue weighted by Gasteiger charge is 2.37. The van der Waals surface area contributed by atoms with Gasteiger partial charge in [-0.2, -0.15) is 23.4 Å². The van der Waals surface area contributed by atoms with E-state index in [1.54, 1.807) is 0 Å². The van der Waals surface area contributed by atoms with Crippen LogP contribution in [0.15, 0.2) is 12.1 Å². The quantitative estimate of drug-likeness (QED) is 0.444. The Balaban J connectivity index is 1.58. The number of hydrogen-bond donors (Lipinski definition) is 1. The topological polar surface area (TPSA) is 64.7 Å². The summed E-state index contributed by atoms with van der Waals surface area (Å²) in [6, 6.07) is 0.303. The number of halogens is 7. The molecule has 0 aromatic carbocycles. The lowest BCUT2D eigenvalue weighted by Gasteiger charge is -2.15. The van der Waals surface area contributed by atoms with Crippen molar-refractivity contribution >= 4 is 5.91 Å². The normalized spacial score (nSPS) is 15.7. The summed E-state index contributed by atoms with van der Waals surface area (Å²) >= 11 is 0. The maximum absolute atomic E-state index is 13.1. The minimum absolute atomic E-state index is 0.0292. The van der Waals surface area contributed by atoms with Gasteiger partial charge in [-0.25, -0.2) is 17.6 Å². The first kappa shape index (κ1) is 23.1.